The molecule has 6 heteroatoms. The first-order valence-corrected chi connectivity index (χ1v) is 6.20. The maximum Gasteiger partial charge on any atom is 0.234 e. The number of thioether (sulfide) groups is 1. The van der Waals surface area contributed by atoms with Crippen molar-refractivity contribution in [2.24, 2.45) is 0 Å². The standard InChI is InChI=1S/C10H13ClN2O2S/c11-7-1-2-9(8(12)5-7)13-10(15)6-16-4-3-14/h1-2,5,14H,3-4,6,12H2,(H,13,15). The Morgan fingerprint density at radius 2 is 2.31 bits per heavy atom. The van der Waals surface area contributed by atoms with Crippen LogP contribution < -0.4 is 11.1 Å². The molecule has 1 aromatic carbocycles. The first-order valence-electron chi connectivity index (χ1n) is 4.67. The average molecular weight is 261 g/mol. The molecule has 0 bridgehead atoms. The second-order valence-corrected chi connectivity index (χ2v) is 4.60. The first kappa shape index (κ1) is 13.2. The number of hydrogen-bond acceptors (Lipinski definition) is 4. The Bertz CT molecular complexity index is 374. The summed E-state index contributed by atoms with van der Waals surface area (Å²) in [6, 6.07) is 4.90. The Labute approximate surface area is 103 Å². The molecular weight excluding hydrogens is 248 g/mol. The monoisotopic (exact) mass is 260 g/mol. The third-order valence-electron chi connectivity index (χ3n) is 1.76. The lowest BCUT2D eigenvalue weighted by molar-refractivity contribution is -0.113. The lowest BCUT2D eigenvalue weighted by atomic mass is 10.2. The van der Waals surface area contributed by atoms with Crippen LogP contribution in [0.15, 0.2) is 18.2 Å². The first-order chi connectivity index (χ1) is 7.63. The second-order valence-electron chi connectivity index (χ2n) is 3.06. The zero-order chi connectivity index (χ0) is 12.0. The maximum absolute atomic E-state index is 11.4. The summed E-state index contributed by atoms with van der Waals surface area (Å²) in [4.78, 5) is 11.4. The van der Waals surface area contributed by atoms with Gasteiger partial charge < -0.3 is 16.2 Å². The predicted molar refractivity (Wildman–Crippen MR) is 68.9 cm³/mol. The molecule has 16 heavy (non-hydrogen) atoms. The molecule has 0 spiro atoms. The quantitative estimate of drug-likeness (QED) is 0.555. The molecule has 0 radical (unpaired) electrons. The van der Waals surface area contributed by atoms with Gasteiger partial charge in [0.05, 0.1) is 23.7 Å². The molecule has 1 aromatic rings. The SMILES string of the molecule is Nc1cc(Cl)ccc1NC(=O)CSCCO. The van der Waals surface area contributed by atoms with Gasteiger partial charge in [-0.3, -0.25) is 4.79 Å². The van der Waals surface area contributed by atoms with E-state index in [1.807, 2.05) is 0 Å². The van der Waals surface area contributed by atoms with Crippen LogP contribution in [0.3, 0.4) is 0 Å². The molecule has 0 aromatic heterocycles. The summed E-state index contributed by atoms with van der Waals surface area (Å²) in [5, 5.41) is 11.8. The molecule has 0 aliphatic carbocycles. The van der Waals surface area contributed by atoms with E-state index in [9.17, 15) is 4.79 Å². The summed E-state index contributed by atoms with van der Waals surface area (Å²) in [7, 11) is 0. The van der Waals surface area contributed by atoms with Crippen molar-refractivity contribution < 1.29 is 9.90 Å². The number of rotatable bonds is 5. The molecule has 1 amide bonds. The number of carbonyl (C=O) groups excluding carboxylic acids is 1. The van der Waals surface area contributed by atoms with E-state index in [0.29, 0.717) is 27.9 Å². The fourth-order valence-corrected chi connectivity index (χ4v) is 1.77. The van der Waals surface area contributed by atoms with E-state index in [4.69, 9.17) is 22.4 Å². The molecule has 0 aliphatic heterocycles. The smallest absolute Gasteiger partial charge is 0.234 e. The third-order valence-corrected chi connectivity index (χ3v) is 2.93. The number of nitrogens with one attached hydrogen (secondary N) is 1. The summed E-state index contributed by atoms with van der Waals surface area (Å²) >= 11 is 7.09. The number of nitrogen functional groups attached to an aromatic ring is 1. The van der Waals surface area contributed by atoms with E-state index in [1.165, 1.54) is 11.8 Å². The van der Waals surface area contributed by atoms with Gasteiger partial charge >= 0.3 is 0 Å². The zero-order valence-electron chi connectivity index (χ0n) is 8.57. The lowest BCUT2D eigenvalue weighted by Gasteiger charge is -2.07. The van der Waals surface area contributed by atoms with Crippen LogP contribution in [0.5, 0.6) is 0 Å². The highest BCUT2D eigenvalue weighted by atomic mass is 35.5. The van der Waals surface area contributed by atoms with E-state index in [1.54, 1.807) is 18.2 Å². The Hall–Kier alpha value is -0.910. The van der Waals surface area contributed by atoms with E-state index >= 15 is 0 Å². The number of benzene rings is 1. The van der Waals surface area contributed by atoms with Crippen LogP contribution in [0.2, 0.25) is 5.02 Å². The minimum absolute atomic E-state index is 0.0705. The summed E-state index contributed by atoms with van der Waals surface area (Å²) in [5.74, 6) is 0.694. The van der Waals surface area contributed by atoms with Crippen molar-refractivity contribution in [2.45, 2.75) is 0 Å². The predicted octanol–water partition coefficient (Wildman–Crippen LogP) is 1.59. The number of halogens is 1. The zero-order valence-corrected chi connectivity index (χ0v) is 10.1. The fourth-order valence-electron chi connectivity index (χ4n) is 1.06. The van der Waals surface area contributed by atoms with Gasteiger partial charge in [0.1, 0.15) is 0 Å². The second kappa shape index (κ2) is 6.62. The van der Waals surface area contributed by atoms with Gasteiger partial charge in [-0.2, -0.15) is 0 Å². The highest BCUT2D eigenvalue weighted by Crippen LogP contribution is 2.22. The molecule has 1 rings (SSSR count). The molecule has 0 saturated carbocycles. The van der Waals surface area contributed by atoms with Crippen LogP contribution in [0.25, 0.3) is 0 Å². The molecule has 0 heterocycles. The van der Waals surface area contributed by atoms with E-state index in [2.05, 4.69) is 5.32 Å². The summed E-state index contributed by atoms with van der Waals surface area (Å²) in [5.41, 5.74) is 6.67. The summed E-state index contributed by atoms with van der Waals surface area (Å²) in [6.07, 6.45) is 0. The molecule has 88 valence electrons. The van der Waals surface area contributed by atoms with E-state index in [-0.39, 0.29) is 12.5 Å². The van der Waals surface area contributed by atoms with Crippen LogP contribution in [0.4, 0.5) is 11.4 Å². The minimum atomic E-state index is -0.146. The van der Waals surface area contributed by atoms with Gasteiger partial charge in [-0.1, -0.05) is 11.6 Å². The van der Waals surface area contributed by atoms with Gasteiger partial charge in [0.15, 0.2) is 0 Å². The van der Waals surface area contributed by atoms with Gasteiger partial charge in [0, 0.05) is 10.8 Å². The number of amides is 1. The number of aliphatic hydroxyl groups excluding tert-OH is 1. The molecule has 0 saturated heterocycles. The molecule has 0 aliphatic rings. The third kappa shape index (κ3) is 4.30. The minimum Gasteiger partial charge on any atom is -0.397 e. The normalized spacial score (nSPS) is 10.1. The summed E-state index contributed by atoms with van der Waals surface area (Å²) < 4.78 is 0. The molecule has 4 N–H and O–H groups in total. The van der Waals surface area contributed by atoms with Gasteiger partial charge in [0.25, 0.3) is 0 Å². The Morgan fingerprint density at radius 3 is 2.94 bits per heavy atom. The average Bonchev–Trinajstić information content (AvgIpc) is 2.23. The Kier molecular flexibility index (Phi) is 5.45. The van der Waals surface area contributed by atoms with Gasteiger partial charge in [0.2, 0.25) is 5.91 Å². The van der Waals surface area contributed by atoms with Crippen molar-refractivity contribution in [3.8, 4) is 0 Å². The molecule has 4 nitrogen and oxygen atoms in total. The van der Waals surface area contributed by atoms with Crippen molar-refractivity contribution in [1.82, 2.24) is 0 Å². The Balaban J connectivity index is 2.49. The number of hydrogen-bond donors (Lipinski definition) is 3. The van der Waals surface area contributed by atoms with Crippen LogP contribution in [-0.4, -0.2) is 29.1 Å². The molecule has 0 atom stereocenters. The number of carbonyl (C=O) groups is 1. The summed E-state index contributed by atoms with van der Waals surface area (Å²) in [6.45, 7) is 0.0705. The van der Waals surface area contributed by atoms with E-state index in [0.717, 1.165) is 0 Å². The van der Waals surface area contributed by atoms with Crippen LogP contribution in [0, 0.1) is 0 Å². The topological polar surface area (TPSA) is 75.3 Å². The maximum atomic E-state index is 11.4. The number of aliphatic hydroxyl groups is 1. The highest BCUT2D eigenvalue weighted by molar-refractivity contribution is 7.99. The van der Waals surface area contributed by atoms with Gasteiger partial charge in [-0.15, -0.1) is 11.8 Å². The van der Waals surface area contributed by atoms with Gasteiger partial charge in [-0.05, 0) is 18.2 Å². The van der Waals surface area contributed by atoms with Crippen LogP contribution >= 0.6 is 23.4 Å². The van der Waals surface area contributed by atoms with Crippen molar-refractivity contribution in [2.75, 3.05) is 29.2 Å². The molecule has 0 unspecified atom stereocenters. The van der Waals surface area contributed by atoms with E-state index < -0.39 is 0 Å². The fraction of sp³-hybridized carbons (Fsp3) is 0.300. The van der Waals surface area contributed by atoms with Crippen molar-refractivity contribution in [3.05, 3.63) is 23.2 Å². The van der Waals surface area contributed by atoms with Crippen LogP contribution in [0.1, 0.15) is 0 Å². The highest BCUT2D eigenvalue weighted by Gasteiger charge is 2.05. The number of anilines is 2. The van der Waals surface area contributed by atoms with Crippen molar-refractivity contribution >= 4 is 40.6 Å². The molecule has 0 fully saturated rings. The largest absolute Gasteiger partial charge is 0.397 e. The lowest BCUT2D eigenvalue weighted by Crippen LogP contribution is -2.15. The Morgan fingerprint density at radius 1 is 1.56 bits per heavy atom. The molecular formula is C10H13ClN2O2S. The van der Waals surface area contributed by atoms with Crippen molar-refractivity contribution in [3.63, 3.8) is 0 Å². The number of nitrogens with two attached hydrogens (primary N) is 1. The van der Waals surface area contributed by atoms with Crippen LogP contribution in [-0.2, 0) is 4.79 Å². The van der Waals surface area contributed by atoms with Gasteiger partial charge in [-0.25, -0.2) is 0 Å². The van der Waals surface area contributed by atoms with Crippen molar-refractivity contribution in [1.29, 1.82) is 0 Å².